The van der Waals surface area contributed by atoms with Crippen molar-refractivity contribution in [3.8, 4) is 0 Å². The Morgan fingerprint density at radius 2 is 2.22 bits per heavy atom. The van der Waals surface area contributed by atoms with Gasteiger partial charge in [0.05, 0.1) is 6.61 Å². The van der Waals surface area contributed by atoms with Crippen LogP contribution in [0.2, 0.25) is 0 Å². The summed E-state index contributed by atoms with van der Waals surface area (Å²) >= 11 is 1.91. The van der Waals surface area contributed by atoms with Gasteiger partial charge in [-0.05, 0) is 19.8 Å². The summed E-state index contributed by atoms with van der Waals surface area (Å²) in [5.41, 5.74) is 0. The number of rotatable bonds is 0. The molecule has 1 saturated heterocycles. The van der Waals surface area contributed by atoms with Gasteiger partial charge in [-0.3, -0.25) is 0 Å². The smallest absolute Gasteiger partial charge is 0.108 e. The SMILES string of the molecule is CC1COC(C)(C)SC1. The van der Waals surface area contributed by atoms with Crippen molar-refractivity contribution in [1.82, 2.24) is 0 Å². The van der Waals surface area contributed by atoms with Crippen molar-refractivity contribution in [2.45, 2.75) is 25.7 Å². The number of hydrogen-bond donors (Lipinski definition) is 0. The molecule has 54 valence electrons. The van der Waals surface area contributed by atoms with Crippen LogP contribution in [0, 0.1) is 5.92 Å². The van der Waals surface area contributed by atoms with Gasteiger partial charge in [0.25, 0.3) is 0 Å². The number of thioether (sulfide) groups is 1. The molecule has 0 bridgehead atoms. The lowest BCUT2D eigenvalue weighted by Gasteiger charge is -2.32. The Bertz CT molecular complexity index is 91.1. The van der Waals surface area contributed by atoms with E-state index in [4.69, 9.17) is 4.74 Å². The first-order valence-electron chi connectivity index (χ1n) is 3.38. The molecule has 0 aromatic rings. The van der Waals surface area contributed by atoms with Crippen molar-refractivity contribution < 1.29 is 4.74 Å². The number of hydrogen-bond acceptors (Lipinski definition) is 2. The second kappa shape index (κ2) is 2.51. The van der Waals surface area contributed by atoms with Crippen molar-refractivity contribution >= 4 is 11.8 Å². The normalized spacial score (nSPS) is 34.3. The third-order valence-electron chi connectivity index (χ3n) is 1.43. The summed E-state index contributed by atoms with van der Waals surface area (Å²) in [7, 11) is 0. The molecule has 1 heterocycles. The van der Waals surface area contributed by atoms with E-state index in [9.17, 15) is 0 Å². The standard InChI is InChI=1S/C7H14OS/c1-6-4-8-7(2,3)9-5-6/h6H,4-5H2,1-3H3. The van der Waals surface area contributed by atoms with E-state index >= 15 is 0 Å². The topological polar surface area (TPSA) is 9.23 Å². The van der Waals surface area contributed by atoms with Crippen LogP contribution in [0.3, 0.4) is 0 Å². The lowest BCUT2D eigenvalue weighted by atomic mass is 10.2. The highest BCUT2D eigenvalue weighted by Gasteiger charge is 2.25. The van der Waals surface area contributed by atoms with Gasteiger partial charge in [0.2, 0.25) is 0 Å². The van der Waals surface area contributed by atoms with E-state index in [1.54, 1.807) is 0 Å². The molecule has 0 saturated carbocycles. The molecule has 1 nitrogen and oxygen atoms in total. The van der Waals surface area contributed by atoms with Crippen LogP contribution < -0.4 is 0 Å². The molecule has 1 atom stereocenters. The zero-order valence-corrected chi connectivity index (χ0v) is 7.12. The lowest BCUT2D eigenvalue weighted by molar-refractivity contribution is 0.0261. The molecule has 9 heavy (non-hydrogen) atoms. The fourth-order valence-corrected chi connectivity index (χ4v) is 1.71. The van der Waals surface area contributed by atoms with Crippen LogP contribution in [0.4, 0.5) is 0 Å². The monoisotopic (exact) mass is 146 g/mol. The first-order chi connectivity index (χ1) is 4.10. The molecule has 2 heteroatoms. The highest BCUT2D eigenvalue weighted by molar-refractivity contribution is 8.00. The molecule has 1 rings (SSSR count). The minimum absolute atomic E-state index is 0.0759. The van der Waals surface area contributed by atoms with Gasteiger partial charge < -0.3 is 4.74 Å². The largest absolute Gasteiger partial charge is 0.365 e. The van der Waals surface area contributed by atoms with Gasteiger partial charge in [-0.2, -0.15) is 0 Å². The highest BCUT2D eigenvalue weighted by Crippen LogP contribution is 2.32. The summed E-state index contributed by atoms with van der Waals surface area (Å²) in [4.78, 5) is 0.0759. The third-order valence-corrected chi connectivity index (χ3v) is 2.98. The molecule has 0 amide bonds. The summed E-state index contributed by atoms with van der Waals surface area (Å²) in [5.74, 6) is 1.98. The molecule has 0 aromatic heterocycles. The minimum Gasteiger partial charge on any atom is -0.365 e. The zero-order valence-electron chi connectivity index (χ0n) is 6.31. The van der Waals surface area contributed by atoms with Crippen LogP contribution in [-0.4, -0.2) is 17.3 Å². The summed E-state index contributed by atoms with van der Waals surface area (Å²) in [6, 6.07) is 0. The Hall–Kier alpha value is 0.310. The van der Waals surface area contributed by atoms with Gasteiger partial charge in [-0.15, -0.1) is 11.8 Å². The van der Waals surface area contributed by atoms with E-state index in [0.717, 1.165) is 12.5 Å². The molecule has 1 fully saturated rings. The van der Waals surface area contributed by atoms with Gasteiger partial charge in [0.15, 0.2) is 0 Å². The lowest BCUT2D eigenvalue weighted by Crippen LogP contribution is -2.30. The molecule has 0 radical (unpaired) electrons. The first kappa shape index (κ1) is 7.42. The first-order valence-corrected chi connectivity index (χ1v) is 4.37. The van der Waals surface area contributed by atoms with E-state index < -0.39 is 0 Å². The van der Waals surface area contributed by atoms with Crippen LogP contribution in [0.15, 0.2) is 0 Å². The van der Waals surface area contributed by atoms with E-state index in [1.807, 2.05) is 11.8 Å². The van der Waals surface area contributed by atoms with Gasteiger partial charge >= 0.3 is 0 Å². The maximum atomic E-state index is 5.54. The fraction of sp³-hybridized carbons (Fsp3) is 1.00. The predicted molar refractivity (Wildman–Crippen MR) is 41.7 cm³/mol. The molecule has 0 N–H and O–H groups in total. The predicted octanol–water partition coefficient (Wildman–Crippen LogP) is 2.12. The van der Waals surface area contributed by atoms with Gasteiger partial charge in [0.1, 0.15) is 4.93 Å². The van der Waals surface area contributed by atoms with E-state index in [0.29, 0.717) is 0 Å². The van der Waals surface area contributed by atoms with E-state index in [1.165, 1.54) is 5.75 Å². The number of ether oxygens (including phenoxy) is 1. The Balaban J connectivity index is 2.35. The van der Waals surface area contributed by atoms with E-state index in [2.05, 4.69) is 20.8 Å². The molecule has 0 aromatic carbocycles. The minimum atomic E-state index is 0.0759. The van der Waals surface area contributed by atoms with Crippen LogP contribution >= 0.6 is 11.8 Å². The third kappa shape index (κ3) is 2.18. The molecular formula is C7H14OS. The zero-order chi connectivity index (χ0) is 6.91. The van der Waals surface area contributed by atoms with Crippen LogP contribution in [-0.2, 0) is 4.74 Å². The van der Waals surface area contributed by atoms with Crippen LogP contribution in [0.1, 0.15) is 20.8 Å². The molecule has 1 unspecified atom stereocenters. The highest BCUT2D eigenvalue weighted by atomic mass is 32.2. The van der Waals surface area contributed by atoms with Crippen LogP contribution in [0.25, 0.3) is 0 Å². The fourth-order valence-electron chi connectivity index (χ4n) is 0.776. The Kier molecular flexibility index (Phi) is 2.07. The Morgan fingerprint density at radius 1 is 1.56 bits per heavy atom. The summed E-state index contributed by atoms with van der Waals surface area (Å²) < 4.78 is 5.54. The van der Waals surface area contributed by atoms with Gasteiger partial charge in [-0.1, -0.05) is 6.92 Å². The Labute approximate surface area is 61.2 Å². The van der Waals surface area contributed by atoms with E-state index in [-0.39, 0.29) is 4.93 Å². The average molecular weight is 146 g/mol. The van der Waals surface area contributed by atoms with Crippen molar-refractivity contribution in [3.05, 3.63) is 0 Å². The summed E-state index contributed by atoms with van der Waals surface area (Å²) in [6.07, 6.45) is 0. The second-order valence-corrected chi connectivity index (χ2v) is 4.73. The molecule has 1 aliphatic rings. The molecule has 1 aliphatic heterocycles. The Morgan fingerprint density at radius 3 is 2.56 bits per heavy atom. The maximum absolute atomic E-state index is 5.54. The van der Waals surface area contributed by atoms with Crippen LogP contribution in [0.5, 0.6) is 0 Å². The quantitative estimate of drug-likeness (QED) is 0.517. The van der Waals surface area contributed by atoms with Crippen molar-refractivity contribution in [2.24, 2.45) is 5.92 Å². The second-order valence-electron chi connectivity index (χ2n) is 3.13. The van der Waals surface area contributed by atoms with Gasteiger partial charge in [0, 0.05) is 5.75 Å². The van der Waals surface area contributed by atoms with Crippen molar-refractivity contribution in [1.29, 1.82) is 0 Å². The van der Waals surface area contributed by atoms with Gasteiger partial charge in [-0.25, -0.2) is 0 Å². The van der Waals surface area contributed by atoms with Crippen molar-refractivity contribution in [3.63, 3.8) is 0 Å². The summed E-state index contributed by atoms with van der Waals surface area (Å²) in [5, 5.41) is 0. The molecular weight excluding hydrogens is 132 g/mol. The molecule has 0 spiro atoms. The average Bonchev–Trinajstić information content (AvgIpc) is 1.78. The summed E-state index contributed by atoms with van der Waals surface area (Å²) in [6.45, 7) is 7.41. The van der Waals surface area contributed by atoms with Crippen molar-refractivity contribution in [2.75, 3.05) is 12.4 Å². The maximum Gasteiger partial charge on any atom is 0.108 e. The molecule has 0 aliphatic carbocycles.